The first-order valence-electron chi connectivity index (χ1n) is 3.23. The zero-order chi connectivity index (χ0) is 8.15. The van der Waals surface area contributed by atoms with Gasteiger partial charge in [-0.1, -0.05) is 12.7 Å². The van der Waals surface area contributed by atoms with E-state index in [0.29, 0.717) is 0 Å². The lowest BCUT2D eigenvalue weighted by Gasteiger charge is -2.05. The molecule has 0 saturated heterocycles. The Hall–Kier alpha value is -0.760. The van der Waals surface area contributed by atoms with E-state index in [0.717, 1.165) is 12.1 Å². The van der Waals surface area contributed by atoms with Gasteiger partial charge in [0.05, 0.1) is 0 Å². The normalized spacial score (nSPS) is 12.2. The molecule has 0 aliphatic rings. The topological polar surface area (TPSA) is 23.5 Å². The van der Waals surface area contributed by atoms with E-state index in [2.05, 4.69) is 6.58 Å². The second-order valence-electron chi connectivity index (χ2n) is 2.60. The highest BCUT2D eigenvalue weighted by Gasteiger charge is 1.91. The van der Waals surface area contributed by atoms with Crippen LogP contribution in [0.2, 0.25) is 0 Å². The monoisotopic (exact) mass is 141 g/mol. The molecule has 0 aliphatic carbocycles. The fourth-order valence-corrected chi connectivity index (χ4v) is 0.437. The Labute approximate surface area is 62.5 Å². The lowest BCUT2D eigenvalue weighted by Crippen LogP contribution is -2.11. The number of hydrogen-bond donors (Lipinski definition) is 1. The molecule has 0 aromatic heterocycles. The number of aliphatic hydroxyl groups is 1. The summed E-state index contributed by atoms with van der Waals surface area (Å²) in [4.78, 5) is 2.02. The van der Waals surface area contributed by atoms with Crippen molar-refractivity contribution in [2.75, 3.05) is 20.6 Å². The molecule has 0 aromatic rings. The van der Waals surface area contributed by atoms with Gasteiger partial charge in [-0.15, -0.1) is 0 Å². The van der Waals surface area contributed by atoms with Crippen molar-refractivity contribution in [2.45, 2.75) is 6.92 Å². The molecule has 2 heteroatoms. The van der Waals surface area contributed by atoms with Crippen molar-refractivity contribution < 1.29 is 5.11 Å². The van der Waals surface area contributed by atoms with Crippen LogP contribution >= 0.6 is 0 Å². The minimum absolute atomic E-state index is 0.154. The van der Waals surface area contributed by atoms with Crippen LogP contribution < -0.4 is 0 Å². The number of allylic oxidation sites excluding steroid dienone is 1. The zero-order valence-electron chi connectivity index (χ0n) is 6.89. The van der Waals surface area contributed by atoms with Crippen molar-refractivity contribution in [3.05, 3.63) is 24.0 Å². The number of rotatable bonds is 3. The summed E-state index contributed by atoms with van der Waals surface area (Å²) in [6.07, 6.45) is 1.93. The maximum Gasteiger partial charge on any atom is 0.111 e. The Bertz CT molecular complexity index is 147. The van der Waals surface area contributed by atoms with Gasteiger partial charge in [-0.2, -0.15) is 0 Å². The minimum Gasteiger partial charge on any atom is -0.508 e. The summed E-state index contributed by atoms with van der Waals surface area (Å²) in [5, 5.41) is 8.85. The third-order valence-corrected chi connectivity index (χ3v) is 1.22. The molecule has 0 spiro atoms. The standard InChI is InChI=1S/C8H15NO/c1-7(8(2)10)5-6-9(3)4/h5,10H,2,6H2,1,3-4H3/b7-5+. The zero-order valence-corrected chi connectivity index (χ0v) is 6.89. The van der Waals surface area contributed by atoms with Crippen molar-refractivity contribution in [1.82, 2.24) is 4.90 Å². The van der Waals surface area contributed by atoms with Crippen molar-refractivity contribution in [1.29, 1.82) is 0 Å². The molecule has 2 nitrogen and oxygen atoms in total. The van der Waals surface area contributed by atoms with Gasteiger partial charge in [-0.3, -0.25) is 0 Å². The first kappa shape index (κ1) is 9.24. The van der Waals surface area contributed by atoms with Gasteiger partial charge in [0.2, 0.25) is 0 Å². The van der Waals surface area contributed by atoms with Gasteiger partial charge >= 0.3 is 0 Å². The van der Waals surface area contributed by atoms with Gasteiger partial charge in [0.1, 0.15) is 5.76 Å². The predicted molar refractivity (Wildman–Crippen MR) is 44.1 cm³/mol. The fraction of sp³-hybridized carbons (Fsp3) is 0.500. The highest BCUT2D eigenvalue weighted by atomic mass is 16.3. The Morgan fingerprint density at radius 2 is 2.10 bits per heavy atom. The van der Waals surface area contributed by atoms with E-state index in [-0.39, 0.29) is 5.76 Å². The van der Waals surface area contributed by atoms with Gasteiger partial charge in [-0.25, -0.2) is 0 Å². The van der Waals surface area contributed by atoms with Crippen molar-refractivity contribution in [3.63, 3.8) is 0 Å². The Balaban J connectivity index is 3.81. The van der Waals surface area contributed by atoms with E-state index in [4.69, 9.17) is 5.11 Å². The maximum absolute atomic E-state index is 8.85. The molecule has 0 unspecified atom stereocenters. The van der Waals surface area contributed by atoms with E-state index in [1.165, 1.54) is 0 Å². The molecular formula is C8H15NO. The molecule has 1 N–H and O–H groups in total. The smallest absolute Gasteiger partial charge is 0.111 e. The molecule has 0 amide bonds. The molecule has 0 fully saturated rings. The number of hydrogen-bond acceptors (Lipinski definition) is 2. The first-order chi connectivity index (χ1) is 4.54. The van der Waals surface area contributed by atoms with Crippen LogP contribution in [-0.4, -0.2) is 30.6 Å². The summed E-state index contributed by atoms with van der Waals surface area (Å²) < 4.78 is 0. The molecule has 58 valence electrons. The second-order valence-corrected chi connectivity index (χ2v) is 2.60. The summed E-state index contributed by atoms with van der Waals surface area (Å²) in [5.41, 5.74) is 0.841. The summed E-state index contributed by atoms with van der Waals surface area (Å²) in [6, 6.07) is 0. The average molecular weight is 141 g/mol. The quantitative estimate of drug-likeness (QED) is 0.476. The van der Waals surface area contributed by atoms with Crippen molar-refractivity contribution in [3.8, 4) is 0 Å². The molecule has 0 radical (unpaired) electrons. The Morgan fingerprint density at radius 3 is 2.40 bits per heavy atom. The Kier molecular flexibility index (Phi) is 3.81. The molecule has 0 aromatic carbocycles. The molecular weight excluding hydrogens is 126 g/mol. The third-order valence-electron chi connectivity index (χ3n) is 1.22. The van der Waals surface area contributed by atoms with Crippen LogP contribution in [0.25, 0.3) is 0 Å². The molecule has 0 aliphatic heterocycles. The van der Waals surface area contributed by atoms with Crippen LogP contribution in [-0.2, 0) is 0 Å². The lowest BCUT2D eigenvalue weighted by atomic mass is 10.2. The van der Waals surface area contributed by atoms with Crippen LogP contribution in [0.15, 0.2) is 24.0 Å². The van der Waals surface area contributed by atoms with E-state index in [1.807, 2.05) is 32.0 Å². The molecule has 0 rings (SSSR count). The number of nitrogens with zero attached hydrogens (tertiary/aromatic N) is 1. The predicted octanol–water partition coefficient (Wildman–Crippen LogP) is 1.57. The first-order valence-corrected chi connectivity index (χ1v) is 3.23. The van der Waals surface area contributed by atoms with E-state index in [9.17, 15) is 0 Å². The molecule has 0 atom stereocenters. The molecule has 0 heterocycles. The fourth-order valence-electron chi connectivity index (χ4n) is 0.437. The van der Waals surface area contributed by atoms with Gasteiger partial charge in [0.15, 0.2) is 0 Å². The van der Waals surface area contributed by atoms with E-state index >= 15 is 0 Å². The van der Waals surface area contributed by atoms with E-state index in [1.54, 1.807) is 0 Å². The van der Waals surface area contributed by atoms with Crippen LogP contribution in [0.3, 0.4) is 0 Å². The maximum atomic E-state index is 8.85. The van der Waals surface area contributed by atoms with Crippen LogP contribution in [0, 0.1) is 0 Å². The summed E-state index contributed by atoms with van der Waals surface area (Å²) in [7, 11) is 3.95. The summed E-state index contributed by atoms with van der Waals surface area (Å²) >= 11 is 0. The lowest BCUT2D eigenvalue weighted by molar-refractivity contribution is 0.421. The van der Waals surface area contributed by atoms with Crippen LogP contribution in [0.4, 0.5) is 0 Å². The highest BCUT2D eigenvalue weighted by Crippen LogP contribution is 2.00. The number of likely N-dealkylation sites (N-methyl/N-ethyl adjacent to an activating group) is 1. The van der Waals surface area contributed by atoms with Gasteiger partial charge in [0.25, 0.3) is 0 Å². The van der Waals surface area contributed by atoms with Gasteiger partial charge in [-0.05, 0) is 26.6 Å². The van der Waals surface area contributed by atoms with Gasteiger partial charge < -0.3 is 10.0 Å². The minimum atomic E-state index is 0.154. The Morgan fingerprint density at radius 1 is 1.60 bits per heavy atom. The third kappa shape index (κ3) is 4.15. The second kappa shape index (κ2) is 4.12. The van der Waals surface area contributed by atoms with Crippen molar-refractivity contribution in [2.24, 2.45) is 0 Å². The SMILES string of the molecule is C=C(O)/C(C)=C/CN(C)C. The molecule has 0 saturated carbocycles. The van der Waals surface area contributed by atoms with Gasteiger partial charge in [0, 0.05) is 6.54 Å². The van der Waals surface area contributed by atoms with E-state index < -0.39 is 0 Å². The van der Waals surface area contributed by atoms with Crippen LogP contribution in [0.5, 0.6) is 0 Å². The molecule has 0 bridgehead atoms. The summed E-state index contributed by atoms with van der Waals surface area (Å²) in [6.45, 7) is 6.08. The number of aliphatic hydroxyl groups excluding tert-OH is 1. The average Bonchev–Trinajstić information content (AvgIpc) is 1.82. The largest absolute Gasteiger partial charge is 0.508 e. The van der Waals surface area contributed by atoms with Crippen molar-refractivity contribution >= 4 is 0 Å². The summed E-state index contributed by atoms with van der Waals surface area (Å²) in [5.74, 6) is 0.154. The molecule has 10 heavy (non-hydrogen) atoms. The van der Waals surface area contributed by atoms with Crippen LogP contribution in [0.1, 0.15) is 6.92 Å². The highest BCUT2D eigenvalue weighted by molar-refractivity contribution is 5.19.